The van der Waals surface area contributed by atoms with Crippen LogP contribution in [0, 0.1) is 0 Å². The topological polar surface area (TPSA) is 66.0 Å². The number of halogens is 1. The van der Waals surface area contributed by atoms with Gasteiger partial charge >= 0.3 is 5.97 Å². The van der Waals surface area contributed by atoms with Crippen LogP contribution in [0.5, 0.6) is 0 Å². The maximum atomic E-state index is 10.8. The van der Waals surface area contributed by atoms with E-state index in [0.717, 1.165) is 21.1 Å². The normalized spacial score (nSPS) is 11.0. The SMILES string of the molecule is O=C(O)Cc1[nH]nc(-c2csc3ccccc23)c1Br. The summed E-state index contributed by atoms with van der Waals surface area (Å²) in [6.45, 7) is 0. The highest BCUT2D eigenvalue weighted by Gasteiger charge is 2.17. The van der Waals surface area contributed by atoms with Crippen LogP contribution in [0.3, 0.4) is 0 Å². The Balaban J connectivity index is 2.12. The number of H-pyrrole nitrogens is 1. The summed E-state index contributed by atoms with van der Waals surface area (Å²) in [6, 6.07) is 8.08. The van der Waals surface area contributed by atoms with Crippen LogP contribution < -0.4 is 0 Å². The molecule has 0 aliphatic carbocycles. The van der Waals surface area contributed by atoms with Crippen molar-refractivity contribution in [1.29, 1.82) is 0 Å². The highest BCUT2D eigenvalue weighted by molar-refractivity contribution is 9.10. The van der Waals surface area contributed by atoms with E-state index < -0.39 is 5.97 Å². The summed E-state index contributed by atoms with van der Waals surface area (Å²) in [5, 5.41) is 19.0. The number of carboxylic acids is 1. The Morgan fingerprint density at radius 1 is 1.42 bits per heavy atom. The minimum Gasteiger partial charge on any atom is -0.481 e. The lowest BCUT2D eigenvalue weighted by Gasteiger charge is -1.96. The maximum absolute atomic E-state index is 10.8. The number of thiophene rings is 1. The van der Waals surface area contributed by atoms with Gasteiger partial charge in [-0.2, -0.15) is 5.10 Å². The van der Waals surface area contributed by atoms with Gasteiger partial charge in [0.15, 0.2) is 0 Å². The number of hydrogen-bond acceptors (Lipinski definition) is 3. The molecule has 3 aromatic rings. The zero-order valence-corrected chi connectivity index (χ0v) is 12.1. The predicted molar refractivity (Wildman–Crippen MR) is 78.4 cm³/mol. The molecule has 0 unspecified atom stereocenters. The van der Waals surface area contributed by atoms with Crippen LogP contribution in [0.4, 0.5) is 0 Å². The standard InChI is InChI=1S/C13H9BrN2O2S/c14-12-9(5-11(17)18)15-16-13(12)8-6-19-10-4-2-1-3-7(8)10/h1-4,6H,5H2,(H,15,16)(H,17,18). The Kier molecular flexibility index (Phi) is 3.12. The van der Waals surface area contributed by atoms with Crippen molar-refractivity contribution in [3.05, 3.63) is 39.8 Å². The van der Waals surface area contributed by atoms with E-state index >= 15 is 0 Å². The molecule has 0 radical (unpaired) electrons. The number of rotatable bonds is 3. The highest BCUT2D eigenvalue weighted by Crippen LogP contribution is 2.37. The number of nitrogens with zero attached hydrogens (tertiary/aromatic N) is 1. The van der Waals surface area contributed by atoms with Gasteiger partial charge in [-0.1, -0.05) is 18.2 Å². The molecule has 0 saturated carbocycles. The number of aromatic amines is 1. The average Bonchev–Trinajstić information content (AvgIpc) is 2.94. The molecule has 96 valence electrons. The number of aliphatic carboxylic acids is 1. The molecular formula is C13H9BrN2O2S. The Morgan fingerprint density at radius 2 is 2.21 bits per heavy atom. The fourth-order valence-corrected chi connectivity index (χ4v) is 3.45. The summed E-state index contributed by atoms with van der Waals surface area (Å²) < 4.78 is 1.91. The molecule has 0 aliphatic heterocycles. The zero-order chi connectivity index (χ0) is 13.4. The quantitative estimate of drug-likeness (QED) is 0.766. The Labute approximate surface area is 121 Å². The van der Waals surface area contributed by atoms with E-state index in [1.807, 2.05) is 23.6 Å². The molecule has 2 aromatic heterocycles. The van der Waals surface area contributed by atoms with Gasteiger partial charge in [0.25, 0.3) is 0 Å². The van der Waals surface area contributed by atoms with E-state index in [1.165, 1.54) is 4.70 Å². The van der Waals surface area contributed by atoms with Crippen molar-refractivity contribution in [3.8, 4) is 11.3 Å². The molecule has 0 atom stereocenters. The number of nitrogens with one attached hydrogen (secondary N) is 1. The molecule has 4 nitrogen and oxygen atoms in total. The number of benzene rings is 1. The molecule has 2 heterocycles. The van der Waals surface area contributed by atoms with Crippen LogP contribution in [-0.4, -0.2) is 21.3 Å². The monoisotopic (exact) mass is 336 g/mol. The summed E-state index contributed by atoms with van der Waals surface area (Å²) in [7, 11) is 0. The minimum absolute atomic E-state index is 0.0738. The van der Waals surface area contributed by atoms with Crippen LogP contribution in [-0.2, 0) is 11.2 Å². The summed E-state index contributed by atoms with van der Waals surface area (Å²) in [4.78, 5) is 10.8. The second-order valence-corrected chi connectivity index (χ2v) is 5.79. The van der Waals surface area contributed by atoms with Crippen LogP contribution in [0.15, 0.2) is 34.1 Å². The van der Waals surface area contributed by atoms with Crippen LogP contribution in [0.2, 0.25) is 0 Å². The van der Waals surface area contributed by atoms with E-state index in [1.54, 1.807) is 11.3 Å². The first-order valence-electron chi connectivity index (χ1n) is 5.58. The van der Waals surface area contributed by atoms with Gasteiger partial charge in [-0.3, -0.25) is 9.89 Å². The number of fused-ring (bicyclic) bond motifs is 1. The molecular weight excluding hydrogens is 328 g/mol. The van der Waals surface area contributed by atoms with Crippen molar-refractivity contribution in [2.45, 2.75) is 6.42 Å². The molecule has 0 amide bonds. The number of carbonyl (C=O) groups is 1. The zero-order valence-electron chi connectivity index (χ0n) is 9.68. The van der Waals surface area contributed by atoms with E-state index in [-0.39, 0.29) is 6.42 Å². The largest absolute Gasteiger partial charge is 0.481 e. The highest BCUT2D eigenvalue weighted by atomic mass is 79.9. The number of aromatic nitrogens is 2. The Hall–Kier alpha value is -1.66. The summed E-state index contributed by atoms with van der Waals surface area (Å²) in [6.07, 6.45) is -0.0738. The average molecular weight is 337 g/mol. The third kappa shape index (κ3) is 2.17. The molecule has 0 saturated heterocycles. The molecule has 0 spiro atoms. The third-order valence-electron chi connectivity index (χ3n) is 2.84. The van der Waals surface area contributed by atoms with Crippen molar-refractivity contribution in [1.82, 2.24) is 10.2 Å². The van der Waals surface area contributed by atoms with E-state index in [0.29, 0.717) is 5.69 Å². The van der Waals surface area contributed by atoms with Crippen LogP contribution in [0.1, 0.15) is 5.69 Å². The smallest absolute Gasteiger partial charge is 0.309 e. The van der Waals surface area contributed by atoms with Gasteiger partial charge in [-0.15, -0.1) is 11.3 Å². The fraction of sp³-hybridized carbons (Fsp3) is 0.0769. The summed E-state index contributed by atoms with van der Waals surface area (Å²) >= 11 is 5.08. The van der Waals surface area contributed by atoms with Gasteiger partial charge in [0.1, 0.15) is 5.69 Å². The maximum Gasteiger partial charge on any atom is 0.309 e. The molecule has 2 N–H and O–H groups in total. The molecule has 3 rings (SSSR count). The van der Waals surface area contributed by atoms with E-state index in [4.69, 9.17) is 5.11 Å². The molecule has 0 fully saturated rings. The number of hydrogen-bond donors (Lipinski definition) is 2. The van der Waals surface area contributed by atoms with Crippen molar-refractivity contribution >= 4 is 43.3 Å². The van der Waals surface area contributed by atoms with Crippen molar-refractivity contribution < 1.29 is 9.90 Å². The van der Waals surface area contributed by atoms with Crippen molar-refractivity contribution in [2.75, 3.05) is 0 Å². The molecule has 0 bridgehead atoms. The van der Waals surface area contributed by atoms with E-state index in [9.17, 15) is 4.79 Å². The van der Waals surface area contributed by atoms with Gasteiger partial charge in [0.05, 0.1) is 16.6 Å². The van der Waals surface area contributed by atoms with Crippen LogP contribution >= 0.6 is 27.3 Å². The Bertz CT molecular complexity index is 763. The second-order valence-electron chi connectivity index (χ2n) is 4.08. The lowest BCUT2D eigenvalue weighted by Crippen LogP contribution is -2.00. The van der Waals surface area contributed by atoms with Crippen LogP contribution in [0.25, 0.3) is 21.3 Å². The van der Waals surface area contributed by atoms with Gasteiger partial charge < -0.3 is 5.11 Å². The molecule has 0 aliphatic rings. The summed E-state index contributed by atoms with van der Waals surface area (Å²) in [5.74, 6) is -0.883. The first-order valence-corrected chi connectivity index (χ1v) is 7.25. The van der Waals surface area contributed by atoms with Gasteiger partial charge in [-0.25, -0.2) is 0 Å². The summed E-state index contributed by atoms with van der Waals surface area (Å²) in [5.41, 5.74) is 2.35. The van der Waals surface area contributed by atoms with Gasteiger partial charge in [0, 0.05) is 21.0 Å². The molecule has 1 aromatic carbocycles. The van der Waals surface area contributed by atoms with Gasteiger partial charge in [-0.05, 0) is 22.0 Å². The number of carboxylic acid groups (broad SMARTS) is 1. The third-order valence-corrected chi connectivity index (χ3v) is 4.66. The molecule has 6 heteroatoms. The van der Waals surface area contributed by atoms with Gasteiger partial charge in [0.2, 0.25) is 0 Å². The Morgan fingerprint density at radius 3 is 3.00 bits per heavy atom. The lowest BCUT2D eigenvalue weighted by molar-refractivity contribution is -0.136. The first-order chi connectivity index (χ1) is 9.16. The molecule has 19 heavy (non-hydrogen) atoms. The fourth-order valence-electron chi connectivity index (χ4n) is 1.97. The predicted octanol–water partition coefficient (Wildman–Crippen LogP) is 3.68. The van der Waals surface area contributed by atoms with Crippen molar-refractivity contribution in [2.24, 2.45) is 0 Å². The van der Waals surface area contributed by atoms with Crippen molar-refractivity contribution in [3.63, 3.8) is 0 Å². The van der Waals surface area contributed by atoms with E-state index in [2.05, 4.69) is 32.2 Å². The first kappa shape index (κ1) is 12.4. The second kappa shape index (κ2) is 4.79. The lowest BCUT2D eigenvalue weighted by atomic mass is 10.1. The minimum atomic E-state index is -0.883.